The maximum Gasteiger partial charge on any atom is 0.191 e. The third-order valence-electron chi connectivity index (χ3n) is 3.69. The number of rotatable bonds is 7. The van der Waals surface area contributed by atoms with E-state index in [0.29, 0.717) is 5.92 Å². The van der Waals surface area contributed by atoms with Crippen molar-refractivity contribution in [2.75, 3.05) is 26.0 Å². The van der Waals surface area contributed by atoms with Crippen molar-refractivity contribution in [3.05, 3.63) is 29.8 Å². The smallest absolute Gasteiger partial charge is 0.191 e. The minimum absolute atomic E-state index is 0.535. The number of hydrogen-bond acceptors (Lipinski definition) is 3. The van der Waals surface area contributed by atoms with Gasteiger partial charge in [0.15, 0.2) is 5.96 Å². The summed E-state index contributed by atoms with van der Waals surface area (Å²) >= 11 is 2.06. The Bertz CT molecular complexity index is 499. The van der Waals surface area contributed by atoms with Gasteiger partial charge in [0.25, 0.3) is 0 Å². The lowest BCUT2D eigenvalue weighted by molar-refractivity contribution is 0.271. The summed E-state index contributed by atoms with van der Waals surface area (Å²) in [5, 5.41) is 7.52. The average molecular weight is 336 g/mol. The maximum atomic E-state index is 5.78. The van der Waals surface area contributed by atoms with Crippen molar-refractivity contribution < 1.29 is 4.74 Å². The second kappa shape index (κ2) is 9.71. The number of aliphatic imine (C=N–C) groups is 1. The summed E-state index contributed by atoms with van der Waals surface area (Å²) in [4.78, 5) is 4.30. The Balaban J connectivity index is 1.77. The molecule has 23 heavy (non-hydrogen) atoms. The highest BCUT2D eigenvalue weighted by molar-refractivity contribution is 8.00. The lowest BCUT2D eigenvalue weighted by Crippen LogP contribution is -2.39. The van der Waals surface area contributed by atoms with Crippen molar-refractivity contribution in [3.8, 4) is 5.75 Å². The summed E-state index contributed by atoms with van der Waals surface area (Å²) in [6.07, 6.45) is 2.65. The predicted octanol–water partition coefficient (Wildman–Crippen LogP) is 3.28. The number of nitrogens with one attached hydrogen (secondary N) is 2. The zero-order chi connectivity index (χ0) is 16.5. The average Bonchev–Trinajstić information content (AvgIpc) is 3.07. The number of benzene rings is 1. The van der Waals surface area contributed by atoms with Crippen LogP contribution in [0.3, 0.4) is 0 Å². The highest BCUT2D eigenvalue weighted by Crippen LogP contribution is 2.25. The lowest BCUT2D eigenvalue weighted by atomic mass is 10.2. The Morgan fingerprint density at radius 1 is 1.39 bits per heavy atom. The largest absolute Gasteiger partial charge is 0.493 e. The molecule has 1 atom stereocenters. The van der Waals surface area contributed by atoms with E-state index in [4.69, 9.17) is 4.74 Å². The van der Waals surface area contributed by atoms with Crippen molar-refractivity contribution >= 4 is 17.7 Å². The Kier molecular flexibility index (Phi) is 7.59. The first kappa shape index (κ1) is 18.0. The topological polar surface area (TPSA) is 45.7 Å². The first-order valence-electron chi connectivity index (χ1n) is 8.45. The van der Waals surface area contributed by atoms with Crippen molar-refractivity contribution in [3.63, 3.8) is 0 Å². The van der Waals surface area contributed by atoms with E-state index in [2.05, 4.69) is 53.4 Å². The molecule has 1 aliphatic rings. The van der Waals surface area contributed by atoms with E-state index in [1.807, 2.05) is 19.2 Å². The Morgan fingerprint density at radius 3 is 2.96 bits per heavy atom. The van der Waals surface area contributed by atoms with E-state index in [-0.39, 0.29) is 0 Å². The first-order chi connectivity index (χ1) is 11.2. The number of thioether (sulfide) groups is 1. The fraction of sp³-hybridized carbons (Fsp3) is 0.611. The molecule has 0 saturated carbocycles. The first-order valence-corrected chi connectivity index (χ1v) is 9.50. The van der Waals surface area contributed by atoms with Crippen LogP contribution in [0, 0.1) is 5.92 Å². The van der Waals surface area contributed by atoms with Crippen LogP contribution in [0.4, 0.5) is 0 Å². The highest BCUT2D eigenvalue weighted by atomic mass is 32.2. The van der Waals surface area contributed by atoms with Crippen LogP contribution >= 0.6 is 11.8 Å². The van der Waals surface area contributed by atoms with Crippen molar-refractivity contribution in [2.45, 2.75) is 38.5 Å². The molecule has 0 aromatic heterocycles. The van der Waals surface area contributed by atoms with Gasteiger partial charge in [-0.2, -0.15) is 11.8 Å². The summed E-state index contributed by atoms with van der Waals surface area (Å²) in [7, 11) is 1.82. The molecule has 1 unspecified atom stereocenters. The van der Waals surface area contributed by atoms with E-state index in [1.54, 1.807) is 0 Å². The molecule has 1 aromatic rings. The minimum atomic E-state index is 0.535. The second-order valence-corrected chi connectivity index (χ2v) is 7.70. The van der Waals surface area contributed by atoms with Crippen LogP contribution in [0.2, 0.25) is 0 Å². The fourth-order valence-electron chi connectivity index (χ4n) is 2.43. The van der Waals surface area contributed by atoms with Crippen molar-refractivity contribution in [1.29, 1.82) is 0 Å². The molecule has 4 nitrogen and oxygen atoms in total. The zero-order valence-corrected chi connectivity index (χ0v) is 15.3. The molecule has 1 aliphatic heterocycles. The normalized spacial score (nSPS) is 18.3. The quantitative estimate of drug-likeness (QED) is 0.593. The van der Waals surface area contributed by atoms with E-state index in [0.717, 1.165) is 36.7 Å². The van der Waals surface area contributed by atoms with Gasteiger partial charge >= 0.3 is 0 Å². The molecule has 0 aliphatic carbocycles. The molecule has 1 fully saturated rings. The molecule has 0 radical (unpaired) electrons. The van der Waals surface area contributed by atoms with Crippen molar-refractivity contribution in [1.82, 2.24) is 10.6 Å². The summed E-state index contributed by atoms with van der Waals surface area (Å²) in [6, 6.07) is 8.25. The summed E-state index contributed by atoms with van der Waals surface area (Å²) in [6.45, 7) is 6.80. The molecule has 0 spiro atoms. The van der Waals surface area contributed by atoms with Gasteiger partial charge < -0.3 is 15.4 Å². The van der Waals surface area contributed by atoms with Crippen LogP contribution < -0.4 is 15.4 Å². The molecular formula is C18H29N3OS. The monoisotopic (exact) mass is 335 g/mol. The molecule has 128 valence electrons. The summed E-state index contributed by atoms with van der Waals surface area (Å²) in [5.41, 5.74) is 1.20. The molecule has 1 aromatic carbocycles. The van der Waals surface area contributed by atoms with Crippen molar-refractivity contribution in [2.24, 2.45) is 10.9 Å². The molecule has 5 heteroatoms. The van der Waals surface area contributed by atoms with Gasteiger partial charge in [-0.3, -0.25) is 4.99 Å². The standard InChI is InChI=1S/C18H29N3OS/c1-14(2)13-22-16-7-4-6-15(10-16)11-20-18(19-3)21-12-17-8-5-9-23-17/h4,6-7,10,14,17H,5,8-9,11-13H2,1-3H3,(H2,19,20,21). The van der Waals surface area contributed by atoms with Crippen LogP contribution in [0.15, 0.2) is 29.3 Å². The van der Waals surface area contributed by atoms with Gasteiger partial charge in [0.05, 0.1) is 6.61 Å². The van der Waals surface area contributed by atoms with Gasteiger partial charge in [0, 0.05) is 25.4 Å². The van der Waals surface area contributed by atoms with E-state index >= 15 is 0 Å². The minimum Gasteiger partial charge on any atom is -0.493 e. The summed E-state index contributed by atoms with van der Waals surface area (Å²) < 4.78 is 5.78. The SMILES string of the molecule is CN=C(NCc1cccc(OCC(C)C)c1)NCC1CCCS1. The van der Waals surface area contributed by atoms with Crippen LogP contribution in [-0.4, -0.2) is 37.2 Å². The van der Waals surface area contributed by atoms with Gasteiger partial charge in [-0.25, -0.2) is 0 Å². The van der Waals surface area contributed by atoms with Gasteiger partial charge in [-0.05, 0) is 42.2 Å². The third kappa shape index (κ3) is 6.73. The number of hydrogen-bond donors (Lipinski definition) is 2. The number of nitrogens with zero attached hydrogens (tertiary/aromatic N) is 1. The number of ether oxygens (including phenoxy) is 1. The van der Waals surface area contributed by atoms with E-state index < -0.39 is 0 Å². The molecule has 0 bridgehead atoms. The molecule has 1 saturated heterocycles. The lowest BCUT2D eigenvalue weighted by Gasteiger charge is -2.15. The molecule has 2 rings (SSSR count). The summed E-state index contributed by atoms with van der Waals surface area (Å²) in [5.74, 6) is 3.63. The maximum absolute atomic E-state index is 5.78. The van der Waals surface area contributed by atoms with Gasteiger partial charge in [0.1, 0.15) is 5.75 Å². The second-order valence-electron chi connectivity index (χ2n) is 6.29. The molecule has 2 N–H and O–H groups in total. The fourth-order valence-corrected chi connectivity index (χ4v) is 3.63. The number of guanidine groups is 1. The zero-order valence-electron chi connectivity index (χ0n) is 14.5. The molecular weight excluding hydrogens is 306 g/mol. The van der Waals surface area contributed by atoms with Crippen LogP contribution in [0.25, 0.3) is 0 Å². The Hall–Kier alpha value is -1.36. The Morgan fingerprint density at radius 2 is 2.26 bits per heavy atom. The molecule has 0 amide bonds. The molecule has 1 heterocycles. The van der Waals surface area contributed by atoms with E-state index in [1.165, 1.54) is 24.2 Å². The predicted molar refractivity (Wildman–Crippen MR) is 100 cm³/mol. The Labute approximate surface area is 144 Å². The van der Waals surface area contributed by atoms with E-state index in [9.17, 15) is 0 Å². The van der Waals surface area contributed by atoms with Crippen LogP contribution in [0.1, 0.15) is 32.3 Å². The van der Waals surface area contributed by atoms with Crippen LogP contribution in [-0.2, 0) is 6.54 Å². The third-order valence-corrected chi connectivity index (χ3v) is 5.08. The van der Waals surface area contributed by atoms with Gasteiger partial charge in [-0.15, -0.1) is 0 Å². The van der Waals surface area contributed by atoms with Crippen LogP contribution in [0.5, 0.6) is 5.75 Å². The van der Waals surface area contributed by atoms with Gasteiger partial charge in [0.2, 0.25) is 0 Å². The highest BCUT2D eigenvalue weighted by Gasteiger charge is 2.15. The van der Waals surface area contributed by atoms with Gasteiger partial charge in [-0.1, -0.05) is 26.0 Å².